The molecule has 0 radical (unpaired) electrons. The molecule has 0 atom stereocenters. The van der Waals surface area contributed by atoms with Gasteiger partial charge in [-0.1, -0.05) is 5.10 Å². The molecule has 0 unspecified atom stereocenters. The van der Waals surface area contributed by atoms with E-state index in [4.69, 9.17) is 8.83 Å². The molecule has 0 aliphatic carbocycles. The molecule has 2 heterocycles. The molecular formula is C15H12FN3O3. The largest absolute Gasteiger partial charge is 0.466 e. The van der Waals surface area contributed by atoms with Crippen molar-refractivity contribution in [3.05, 3.63) is 53.2 Å². The summed E-state index contributed by atoms with van der Waals surface area (Å²) >= 11 is 0. The number of nitrogens with one attached hydrogen (secondary N) is 1. The maximum atomic E-state index is 12.9. The highest BCUT2D eigenvalue weighted by Crippen LogP contribution is 2.21. The fourth-order valence-electron chi connectivity index (χ4n) is 2.00. The van der Waals surface area contributed by atoms with E-state index in [1.54, 1.807) is 19.9 Å². The van der Waals surface area contributed by atoms with Gasteiger partial charge in [0.25, 0.3) is 5.91 Å². The Kier molecular flexibility index (Phi) is 3.46. The molecule has 1 N–H and O–H groups in total. The van der Waals surface area contributed by atoms with Gasteiger partial charge < -0.3 is 8.83 Å². The van der Waals surface area contributed by atoms with Gasteiger partial charge in [0.2, 0.25) is 5.89 Å². The standard InChI is InChI=1S/C15H12FN3O3/c1-8-7-12(9(2)21-8)13(20)17-15-19-18-14(22-15)10-3-5-11(16)6-4-10/h3-7H,1-2H3,(H,17,19,20). The van der Waals surface area contributed by atoms with Crippen LogP contribution in [-0.2, 0) is 0 Å². The summed E-state index contributed by atoms with van der Waals surface area (Å²) in [5, 5.41) is 10.1. The minimum atomic E-state index is -0.399. The molecule has 7 heteroatoms. The number of nitrogens with zero attached hydrogens (tertiary/aromatic N) is 2. The summed E-state index contributed by atoms with van der Waals surface area (Å²) < 4.78 is 23.5. The van der Waals surface area contributed by atoms with Crippen LogP contribution in [0.15, 0.2) is 39.2 Å². The number of hydrogen-bond acceptors (Lipinski definition) is 5. The molecule has 22 heavy (non-hydrogen) atoms. The smallest absolute Gasteiger partial charge is 0.322 e. The van der Waals surface area contributed by atoms with Gasteiger partial charge in [-0.2, -0.15) is 0 Å². The molecule has 0 spiro atoms. The van der Waals surface area contributed by atoms with E-state index < -0.39 is 5.91 Å². The van der Waals surface area contributed by atoms with Gasteiger partial charge in [0.05, 0.1) is 5.56 Å². The third-order valence-corrected chi connectivity index (χ3v) is 3.02. The lowest BCUT2D eigenvalue weighted by Crippen LogP contribution is -2.12. The highest BCUT2D eigenvalue weighted by Gasteiger charge is 2.17. The van der Waals surface area contributed by atoms with Gasteiger partial charge in [0.1, 0.15) is 17.3 Å². The van der Waals surface area contributed by atoms with Crippen LogP contribution in [0.25, 0.3) is 11.5 Å². The van der Waals surface area contributed by atoms with Crippen LogP contribution >= 0.6 is 0 Å². The number of rotatable bonds is 3. The van der Waals surface area contributed by atoms with Crippen LogP contribution in [0.1, 0.15) is 21.9 Å². The number of aryl methyl sites for hydroxylation is 2. The molecule has 112 valence electrons. The Bertz CT molecular complexity index is 821. The molecule has 1 amide bonds. The quantitative estimate of drug-likeness (QED) is 0.802. The number of amides is 1. The number of halogens is 1. The van der Waals surface area contributed by atoms with Crippen molar-refractivity contribution in [3.8, 4) is 11.5 Å². The maximum absolute atomic E-state index is 12.9. The van der Waals surface area contributed by atoms with Crippen LogP contribution in [-0.4, -0.2) is 16.1 Å². The van der Waals surface area contributed by atoms with E-state index in [1.165, 1.54) is 24.3 Å². The van der Waals surface area contributed by atoms with Crippen LogP contribution in [0, 0.1) is 19.7 Å². The molecule has 0 saturated heterocycles. The monoisotopic (exact) mass is 301 g/mol. The number of benzene rings is 1. The first kappa shape index (κ1) is 14.0. The summed E-state index contributed by atoms with van der Waals surface area (Å²) in [4.78, 5) is 12.1. The minimum absolute atomic E-state index is 0.0393. The first-order chi connectivity index (χ1) is 10.5. The van der Waals surface area contributed by atoms with E-state index in [2.05, 4.69) is 15.5 Å². The van der Waals surface area contributed by atoms with Crippen molar-refractivity contribution in [1.82, 2.24) is 10.2 Å². The highest BCUT2D eigenvalue weighted by molar-refractivity contribution is 6.03. The van der Waals surface area contributed by atoms with Gasteiger partial charge in [0.15, 0.2) is 0 Å². The molecule has 0 saturated carbocycles. The molecular weight excluding hydrogens is 289 g/mol. The molecule has 0 aliphatic heterocycles. The van der Waals surface area contributed by atoms with Gasteiger partial charge in [-0.05, 0) is 44.2 Å². The minimum Gasteiger partial charge on any atom is -0.466 e. The number of anilines is 1. The molecule has 0 bridgehead atoms. The van der Waals surface area contributed by atoms with Crippen molar-refractivity contribution >= 4 is 11.9 Å². The Balaban J connectivity index is 1.78. The fourth-order valence-corrected chi connectivity index (χ4v) is 2.00. The van der Waals surface area contributed by atoms with Crippen molar-refractivity contribution in [2.45, 2.75) is 13.8 Å². The Labute approximate surface area is 125 Å². The lowest BCUT2D eigenvalue weighted by Gasteiger charge is -1.98. The summed E-state index contributed by atoms with van der Waals surface area (Å²) in [6.07, 6.45) is 0. The van der Waals surface area contributed by atoms with E-state index in [9.17, 15) is 9.18 Å². The summed E-state index contributed by atoms with van der Waals surface area (Å²) in [6, 6.07) is 7.19. The molecule has 0 fully saturated rings. The maximum Gasteiger partial charge on any atom is 0.322 e. The van der Waals surface area contributed by atoms with Crippen molar-refractivity contribution < 1.29 is 18.0 Å². The van der Waals surface area contributed by atoms with Gasteiger partial charge in [-0.25, -0.2) is 4.39 Å². The van der Waals surface area contributed by atoms with Gasteiger partial charge in [0, 0.05) is 5.56 Å². The Morgan fingerprint density at radius 3 is 2.50 bits per heavy atom. The Morgan fingerprint density at radius 2 is 1.86 bits per heavy atom. The SMILES string of the molecule is Cc1cc(C(=O)Nc2nnc(-c3ccc(F)cc3)o2)c(C)o1. The second-order valence-corrected chi connectivity index (χ2v) is 4.70. The summed E-state index contributed by atoms with van der Waals surface area (Å²) in [5.41, 5.74) is 0.962. The second-order valence-electron chi connectivity index (χ2n) is 4.70. The van der Waals surface area contributed by atoms with E-state index in [0.717, 1.165) is 0 Å². The van der Waals surface area contributed by atoms with E-state index in [0.29, 0.717) is 22.6 Å². The first-order valence-corrected chi connectivity index (χ1v) is 6.51. The topological polar surface area (TPSA) is 81.2 Å². The van der Waals surface area contributed by atoms with Crippen molar-refractivity contribution in [2.24, 2.45) is 0 Å². The van der Waals surface area contributed by atoms with Gasteiger partial charge >= 0.3 is 6.01 Å². The number of carbonyl (C=O) groups is 1. The zero-order chi connectivity index (χ0) is 15.7. The molecule has 0 aliphatic rings. The average molecular weight is 301 g/mol. The van der Waals surface area contributed by atoms with Crippen LogP contribution in [0.4, 0.5) is 10.4 Å². The normalized spacial score (nSPS) is 10.7. The first-order valence-electron chi connectivity index (χ1n) is 6.51. The fraction of sp³-hybridized carbons (Fsp3) is 0.133. The van der Waals surface area contributed by atoms with Crippen LogP contribution in [0.5, 0.6) is 0 Å². The predicted molar refractivity (Wildman–Crippen MR) is 75.8 cm³/mol. The van der Waals surface area contributed by atoms with E-state index in [-0.39, 0.29) is 17.7 Å². The highest BCUT2D eigenvalue weighted by atomic mass is 19.1. The van der Waals surface area contributed by atoms with E-state index in [1.807, 2.05) is 0 Å². The second kappa shape index (κ2) is 5.44. The van der Waals surface area contributed by atoms with Crippen LogP contribution < -0.4 is 5.32 Å². The molecule has 3 rings (SSSR count). The predicted octanol–water partition coefficient (Wildman–Crippen LogP) is 3.34. The molecule has 1 aromatic carbocycles. The lowest BCUT2D eigenvalue weighted by atomic mass is 10.2. The third kappa shape index (κ3) is 2.73. The average Bonchev–Trinajstić information content (AvgIpc) is 3.06. The molecule has 6 nitrogen and oxygen atoms in total. The number of aromatic nitrogens is 2. The molecule has 3 aromatic rings. The third-order valence-electron chi connectivity index (χ3n) is 3.02. The summed E-state index contributed by atoms with van der Waals surface area (Å²) in [7, 11) is 0. The summed E-state index contributed by atoms with van der Waals surface area (Å²) in [6.45, 7) is 3.45. The van der Waals surface area contributed by atoms with Crippen molar-refractivity contribution in [2.75, 3.05) is 5.32 Å². The Morgan fingerprint density at radius 1 is 1.14 bits per heavy atom. The number of furan rings is 1. The van der Waals surface area contributed by atoms with Crippen molar-refractivity contribution in [1.29, 1.82) is 0 Å². The Hall–Kier alpha value is -2.96. The zero-order valence-corrected chi connectivity index (χ0v) is 11.9. The zero-order valence-electron chi connectivity index (χ0n) is 11.9. The van der Waals surface area contributed by atoms with Crippen LogP contribution in [0.3, 0.4) is 0 Å². The van der Waals surface area contributed by atoms with Crippen LogP contribution in [0.2, 0.25) is 0 Å². The van der Waals surface area contributed by atoms with Gasteiger partial charge in [-0.3, -0.25) is 10.1 Å². The van der Waals surface area contributed by atoms with Gasteiger partial charge in [-0.15, -0.1) is 5.10 Å². The molecule has 2 aromatic heterocycles. The lowest BCUT2D eigenvalue weighted by molar-refractivity contribution is 0.102. The number of hydrogen-bond donors (Lipinski definition) is 1. The summed E-state index contributed by atoms with van der Waals surface area (Å²) in [5.74, 6) is 0.579. The number of carbonyl (C=O) groups excluding carboxylic acids is 1. The van der Waals surface area contributed by atoms with E-state index >= 15 is 0 Å². The van der Waals surface area contributed by atoms with Crippen molar-refractivity contribution in [3.63, 3.8) is 0 Å².